The zero-order valence-electron chi connectivity index (χ0n) is 7.73. The van der Waals surface area contributed by atoms with Gasteiger partial charge in [0, 0.05) is 4.75 Å². The number of carboxylic acids is 1. The first-order valence-electron chi connectivity index (χ1n) is 4.23. The van der Waals surface area contributed by atoms with E-state index in [1.54, 1.807) is 11.8 Å². The highest BCUT2D eigenvalue weighted by atomic mass is 79.9. The molecule has 6 heteroatoms. The van der Waals surface area contributed by atoms with Gasteiger partial charge in [-0.1, -0.05) is 15.9 Å². The molecule has 0 saturated carbocycles. The van der Waals surface area contributed by atoms with E-state index in [0.29, 0.717) is 0 Å². The monoisotopic (exact) mass is 279 g/mol. The van der Waals surface area contributed by atoms with Gasteiger partial charge in [-0.2, -0.15) is 0 Å². The molecule has 2 saturated heterocycles. The zero-order chi connectivity index (χ0) is 10.7. The summed E-state index contributed by atoms with van der Waals surface area (Å²) in [5, 5.41) is 9.04. The number of carboxylic acid groups (broad SMARTS) is 1. The summed E-state index contributed by atoms with van der Waals surface area (Å²) in [5.41, 5.74) is 0. The van der Waals surface area contributed by atoms with Crippen LogP contribution in [0.25, 0.3) is 0 Å². The minimum Gasteiger partial charge on any atom is -0.480 e. The zero-order valence-corrected chi connectivity index (χ0v) is 10.1. The van der Waals surface area contributed by atoms with Gasteiger partial charge in [-0.15, -0.1) is 11.8 Å². The van der Waals surface area contributed by atoms with E-state index in [9.17, 15) is 9.59 Å². The van der Waals surface area contributed by atoms with Crippen molar-refractivity contribution in [3.05, 3.63) is 0 Å². The molecule has 0 radical (unpaired) electrons. The van der Waals surface area contributed by atoms with Crippen molar-refractivity contribution in [2.75, 3.05) is 0 Å². The summed E-state index contributed by atoms with van der Waals surface area (Å²) in [4.78, 5) is 23.7. The number of alkyl halides is 1. The molecular weight excluding hydrogens is 270 g/mol. The van der Waals surface area contributed by atoms with Crippen molar-refractivity contribution in [3.63, 3.8) is 0 Å². The van der Waals surface area contributed by atoms with Gasteiger partial charge in [-0.25, -0.2) is 4.79 Å². The molecule has 2 rings (SSSR count). The Labute approximate surface area is 94.1 Å². The molecule has 0 bridgehead atoms. The molecule has 2 heterocycles. The summed E-state index contributed by atoms with van der Waals surface area (Å²) in [6.45, 7) is 3.73. The predicted molar refractivity (Wildman–Crippen MR) is 56.4 cm³/mol. The molecule has 14 heavy (non-hydrogen) atoms. The number of hydrogen-bond donors (Lipinski definition) is 1. The van der Waals surface area contributed by atoms with Crippen LogP contribution >= 0.6 is 27.7 Å². The maximum Gasteiger partial charge on any atom is 0.327 e. The number of nitrogens with zero attached hydrogens (tertiary/aromatic N) is 1. The van der Waals surface area contributed by atoms with Crippen molar-refractivity contribution >= 4 is 39.6 Å². The predicted octanol–water partition coefficient (Wildman–Crippen LogP) is 0.897. The van der Waals surface area contributed by atoms with Gasteiger partial charge in [-0.3, -0.25) is 4.79 Å². The Balaban J connectivity index is 2.32. The maximum absolute atomic E-state index is 11.4. The number of amides is 1. The number of fused-ring (bicyclic) bond motifs is 1. The van der Waals surface area contributed by atoms with E-state index in [1.807, 2.05) is 13.8 Å². The summed E-state index contributed by atoms with van der Waals surface area (Å²) in [6.07, 6.45) is 0. The number of halogens is 1. The molecule has 2 aliphatic rings. The van der Waals surface area contributed by atoms with Crippen LogP contribution in [0, 0.1) is 0 Å². The number of thioether (sulfide) groups is 1. The van der Waals surface area contributed by atoms with Crippen molar-refractivity contribution in [2.24, 2.45) is 0 Å². The Bertz CT molecular complexity index is 320. The molecule has 78 valence electrons. The molecule has 3 atom stereocenters. The molecule has 2 aliphatic heterocycles. The summed E-state index contributed by atoms with van der Waals surface area (Å²) in [6, 6.07) is -0.696. The Morgan fingerprint density at radius 1 is 1.64 bits per heavy atom. The van der Waals surface area contributed by atoms with Gasteiger partial charge in [0.1, 0.15) is 16.2 Å². The van der Waals surface area contributed by atoms with Gasteiger partial charge < -0.3 is 10.0 Å². The molecule has 0 aliphatic carbocycles. The standard InChI is InChI=1S/C8H10BrNO3S/c1-8(2)4(7(12)13)10-5(11)3(9)6(10)14-8/h3-4,6H,1-2H3,(H,12,13). The van der Waals surface area contributed by atoms with Gasteiger partial charge in [0.15, 0.2) is 0 Å². The fourth-order valence-electron chi connectivity index (χ4n) is 1.97. The van der Waals surface area contributed by atoms with E-state index < -0.39 is 16.8 Å². The third kappa shape index (κ3) is 1.13. The van der Waals surface area contributed by atoms with Crippen LogP contribution < -0.4 is 0 Å². The van der Waals surface area contributed by atoms with Gasteiger partial charge in [0.2, 0.25) is 5.91 Å². The molecule has 1 N–H and O–H groups in total. The van der Waals surface area contributed by atoms with Crippen LogP contribution in [0.5, 0.6) is 0 Å². The van der Waals surface area contributed by atoms with Crippen LogP contribution in [0.2, 0.25) is 0 Å². The molecular formula is C8H10BrNO3S. The van der Waals surface area contributed by atoms with Gasteiger partial charge in [0.05, 0.1) is 0 Å². The van der Waals surface area contributed by atoms with E-state index in [4.69, 9.17) is 5.11 Å². The van der Waals surface area contributed by atoms with Crippen LogP contribution in [0.1, 0.15) is 13.8 Å². The normalized spacial score (nSPS) is 39.2. The third-order valence-electron chi connectivity index (χ3n) is 2.61. The minimum atomic E-state index is -0.919. The first-order valence-corrected chi connectivity index (χ1v) is 6.02. The average Bonchev–Trinajstić information content (AvgIpc) is 2.34. The lowest BCUT2D eigenvalue weighted by molar-refractivity contribution is -0.156. The highest BCUT2D eigenvalue weighted by Crippen LogP contribution is 2.52. The van der Waals surface area contributed by atoms with E-state index in [1.165, 1.54) is 4.90 Å². The van der Waals surface area contributed by atoms with E-state index in [-0.39, 0.29) is 16.1 Å². The van der Waals surface area contributed by atoms with E-state index in [0.717, 1.165) is 0 Å². The number of hydrogen-bond acceptors (Lipinski definition) is 3. The maximum atomic E-state index is 11.4. The van der Waals surface area contributed by atoms with Crippen LogP contribution in [-0.4, -0.2) is 42.9 Å². The number of aliphatic carboxylic acids is 1. The van der Waals surface area contributed by atoms with E-state index >= 15 is 0 Å². The van der Waals surface area contributed by atoms with Crippen molar-refractivity contribution in [2.45, 2.75) is 34.8 Å². The second-order valence-electron chi connectivity index (χ2n) is 4.00. The van der Waals surface area contributed by atoms with E-state index in [2.05, 4.69) is 15.9 Å². The largest absolute Gasteiger partial charge is 0.480 e. The summed E-state index contributed by atoms with van der Waals surface area (Å²) < 4.78 is -0.408. The minimum absolute atomic E-state index is 0.0152. The quantitative estimate of drug-likeness (QED) is 0.572. The smallest absolute Gasteiger partial charge is 0.327 e. The summed E-state index contributed by atoms with van der Waals surface area (Å²) in [5.74, 6) is -1.03. The fraction of sp³-hybridized carbons (Fsp3) is 0.750. The van der Waals surface area contributed by atoms with Crippen molar-refractivity contribution in [1.29, 1.82) is 0 Å². The summed E-state index contributed by atoms with van der Waals surface area (Å²) >= 11 is 4.80. The van der Waals surface area contributed by atoms with Crippen molar-refractivity contribution < 1.29 is 14.7 Å². The molecule has 4 nitrogen and oxygen atoms in total. The van der Waals surface area contributed by atoms with Crippen LogP contribution in [-0.2, 0) is 9.59 Å². The second kappa shape index (κ2) is 2.88. The van der Waals surface area contributed by atoms with Crippen LogP contribution in [0.3, 0.4) is 0 Å². The topological polar surface area (TPSA) is 57.6 Å². The van der Waals surface area contributed by atoms with Gasteiger partial charge in [-0.05, 0) is 13.8 Å². The lowest BCUT2D eigenvalue weighted by atomic mass is 9.98. The Morgan fingerprint density at radius 3 is 2.71 bits per heavy atom. The third-order valence-corrected chi connectivity index (χ3v) is 5.42. The molecule has 3 unspecified atom stereocenters. The Morgan fingerprint density at radius 2 is 2.21 bits per heavy atom. The number of β-lactam (4-membered cyclic amide) rings is 1. The fourth-order valence-corrected chi connectivity index (χ4v) is 4.32. The highest BCUT2D eigenvalue weighted by molar-refractivity contribution is 9.10. The first-order chi connectivity index (χ1) is 6.36. The second-order valence-corrected chi connectivity index (χ2v) is 6.76. The molecule has 1 amide bonds. The first kappa shape index (κ1) is 10.3. The van der Waals surface area contributed by atoms with Gasteiger partial charge in [0.25, 0.3) is 0 Å². The number of rotatable bonds is 1. The SMILES string of the molecule is CC1(C)SC2C(Br)C(=O)N2C1C(=O)O. The van der Waals surface area contributed by atoms with Crippen molar-refractivity contribution in [1.82, 2.24) is 4.90 Å². The average molecular weight is 280 g/mol. The van der Waals surface area contributed by atoms with Crippen molar-refractivity contribution in [3.8, 4) is 0 Å². The molecule has 0 aromatic carbocycles. The van der Waals surface area contributed by atoms with Gasteiger partial charge >= 0.3 is 5.97 Å². The summed E-state index contributed by atoms with van der Waals surface area (Å²) in [7, 11) is 0. The van der Waals surface area contributed by atoms with Crippen LogP contribution in [0.15, 0.2) is 0 Å². The molecule has 0 aromatic rings. The lowest BCUT2D eigenvalue weighted by Gasteiger charge is -2.40. The number of carbonyl (C=O) groups excluding carboxylic acids is 1. The molecule has 2 fully saturated rings. The Hall–Kier alpha value is -0.230. The molecule has 0 aromatic heterocycles. The Kier molecular flexibility index (Phi) is 2.12. The lowest BCUT2D eigenvalue weighted by Crippen LogP contribution is -2.63. The van der Waals surface area contributed by atoms with Crippen LogP contribution in [0.4, 0.5) is 0 Å². The number of carbonyl (C=O) groups is 2. The highest BCUT2D eigenvalue weighted by Gasteiger charge is 2.62. The molecule has 0 spiro atoms.